The first-order chi connectivity index (χ1) is 13.3. The fourth-order valence-electron chi connectivity index (χ4n) is 3.49. The Morgan fingerprint density at radius 2 is 1.75 bits per heavy atom. The average molecular weight is 382 g/mol. The smallest absolute Gasteiger partial charge is 0.229 e. The van der Waals surface area contributed by atoms with E-state index in [1.807, 2.05) is 45.0 Å². The molecule has 0 bridgehead atoms. The van der Waals surface area contributed by atoms with Crippen molar-refractivity contribution < 1.29 is 19.1 Å². The van der Waals surface area contributed by atoms with Crippen LogP contribution in [0.5, 0.6) is 11.5 Å². The van der Waals surface area contributed by atoms with E-state index in [4.69, 9.17) is 9.47 Å². The molecular weight excluding hydrogens is 356 g/mol. The summed E-state index contributed by atoms with van der Waals surface area (Å²) in [5, 5.41) is 2.94. The van der Waals surface area contributed by atoms with E-state index in [0.29, 0.717) is 23.7 Å². The van der Waals surface area contributed by atoms with Crippen molar-refractivity contribution in [2.75, 3.05) is 31.0 Å². The van der Waals surface area contributed by atoms with Crippen LogP contribution in [-0.2, 0) is 9.59 Å². The van der Waals surface area contributed by atoms with E-state index < -0.39 is 5.92 Å². The van der Waals surface area contributed by atoms with Crippen molar-refractivity contribution in [3.05, 3.63) is 47.0 Å². The highest BCUT2D eigenvalue weighted by atomic mass is 16.5. The second kappa shape index (κ2) is 7.92. The molecule has 0 aliphatic carbocycles. The molecule has 1 aliphatic heterocycles. The molecule has 0 aromatic heterocycles. The van der Waals surface area contributed by atoms with E-state index in [1.54, 1.807) is 25.2 Å². The van der Waals surface area contributed by atoms with Crippen LogP contribution in [0, 0.1) is 26.7 Å². The van der Waals surface area contributed by atoms with Crippen LogP contribution < -0.4 is 19.7 Å². The number of carbonyl (C=O) groups is 2. The Hall–Kier alpha value is -3.02. The van der Waals surface area contributed by atoms with Crippen molar-refractivity contribution >= 4 is 23.2 Å². The van der Waals surface area contributed by atoms with Crippen LogP contribution in [0.2, 0.25) is 0 Å². The summed E-state index contributed by atoms with van der Waals surface area (Å²) in [6.45, 7) is 6.28. The van der Waals surface area contributed by atoms with E-state index in [-0.39, 0.29) is 18.2 Å². The minimum atomic E-state index is -0.403. The molecule has 148 valence electrons. The Morgan fingerprint density at radius 1 is 1.07 bits per heavy atom. The number of anilines is 2. The van der Waals surface area contributed by atoms with E-state index in [2.05, 4.69) is 5.32 Å². The summed E-state index contributed by atoms with van der Waals surface area (Å²) in [5.41, 5.74) is 4.58. The van der Waals surface area contributed by atoms with Crippen LogP contribution >= 0.6 is 0 Å². The average Bonchev–Trinajstić information content (AvgIpc) is 3.06. The van der Waals surface area contributed by atoms with E-state index in [9.17, 15) is 9.59 Å². The van der Waals surface area contributed by atoms with Crippen molar-refractivity contribution in [3.63, 3.8) is 0 Å². The number of amides is 2. The van der Waals surface area contributed by atoms with Crippen molar-refractivity contribution in [3.8, 4) is 11.5 Å². The van der Waals surface area contributed by atoms with Gasteiger partial charge >= 0.3 is 0 Å². The first kappa shape index (κ1) is 19.7. The van der Waals surface area contributed by atoms with Gasteiger partial charge in [0, 0.05) is 30.4 Å². The third-order valence-corrected chi connectivity index (χ3v) is 5.35. The maximum absolute atomic E-state index is 12.8. The highest BCUT2D eigenvalue weighted by Crippen LogP contribution is 2.34. The molecule has 2 aromatic rings. The number of rotatable bonds is 5. The molecule has 0 unspecified atom stereocenters. The lowest BCUT2D eigenvalue weighted by molar-refractivity contribution is -0.122. The van der Waals surface area contributed by atoms with Crippen LogP contribution in [0.3, 0.4) is 0 Å². The molecule has 1 saturated heterocycles. The van der Waals surface area contributed by atoms with E-state index >= 15 is 0 Å². The Kier molecular flexibility index (Phi) is 5.58. The topological polar surface area (TPSA) is 67.9 Å². The largest absolute Gasteiger partial charge is 0.493 e. The van der Waals surface area contributed by atoms with Gasteiger partial charge in [-0.1, -0.05) is 12.1 Å². The number of hydrogen-bond donors (Lipinski definition) is 1. The Bertz CT molecular complexity index is 923. The number of carbonyl (C=O) groups excluding carboxylic acids is 2. The molecule has 1 atom stereocenters. The monoisotopic (exact) mass is 382 g/mol. The standard InChI is InChI=1S/C22H26N2O4/c1-13-7-6-8-18(15(13)3)24-12-16(10-21(24)25)22(26)23-17-11-20(28-5)19(27-4)9-14(17)2/h6-9,11,16H,10,12H2,1-5H3,(H,23,26)/t16-/m0/s1. The van der Waals surface area contributed by atoms with Gasteiger partial charge in [-0.3, -0.25) is 9.59 Å². The number of nitrogens with one attached hydrogen (secondary N) is 1. The van der Waals surface area contributed by atoms with Crippen LogP contribution in [0.15, 0.2) is 30.3 Å². The number of methoxy groups -OCH3 is 2. The SMILES string of the molecule is COc1cc(C)c(NC(=O)[C@H]2CC(=O)N(c3cccc(C)c3C)C2)cc1OC. The van der Waals surface area contributed by atoms with Crippen molar-refractivity contribution in [1.29, 1.82) is 0 Å². The van der Waals surface area contributed by atoms with Crippen molar-refractivity contribution in [2.45, 2.75) is 27.2 Å². The lowest BCUT2D eigenvalue weighted by Gasteiger charge is -2.20. The Morgan fingerprint density at radius 3 is 2.43 bits per heavy atom. The minimum Gasteiger partial charge on any atom is -0.493 e. The van der Waals surface area contributed by atoms with Gasteiger partial charge < -0.3 is 19.7 Å². The zero-order chi connectivity index (χ0) is 20.4. The second-order valence-electron chi connectivity index (χ2n) is 7.14. The molecule has 6 heteroatoms. The first-order valence-corrected chi connectivity index (χ1v) is 9.25. The van der Waals surface area contributed by atoms with Crippen LogP contribution in [-0.4, -0.2) is 32.6 Å². The zero-order valence-electron chi connectivity index (χ0n) is 17.0. The number of benzene rings is 2. The van der Waals surface area contributed by atoms with Crippen LogP contribution in [0.25, 0.3) is 0 Å². The number of nitrogens with zero attached hydrogens (tertiary/aromatic N) is 1. The van der Waals surface area contributed by atoms with Crippen LogP contribution in [0.1, 0.15) is 23.1 Å². The maximum Gasteiger partial charge on any atom is 0.229 e. The van der Waals surface area contributed by atoms with Gasteiger partial charge in [0.05, 0.1) is 20.1 Å². The maximum atomic E-state index is 12.8. The van der Waals surface area contributed by atoms with Crippen molar-refractivity contribution in [1.82, 2.24) is 0 Å². The molecule has 1 fully saturated rings. The molecule has 0 radical (unpaired) electrons. The van der Waals surface area contributed by atoms with E-state index in [1.165, 1.54) is 0 Å². The molecule has 1 aliphatic rings. The first-order valence-electron chi connectivity index (χ1n) is 9.25. The minimum absolute atomic E-state index is 0.0297. The fraction of sp³-hybridized carbons (Fsp3) is 0.364. The third kappa shape index (κ3) is 3.67. The van der Waals surface area contributed by atoms with Gasteiger partial charge in [-0.05, 0) is 49.6 Å². The molecule has 28 heavy (non-hydrogen) atoms. The molecule has 2 amide bonds. The summed E-state index contributed by atoms with van der Waals surface area (Å²) in [4.78, 5) is 27.1. The molecule has 1 N–H and O–H groups in total. The highest BCUT2D eigenvalue weighted by molar-refractivity contribution is 6.04. The van der Waals surface area contributed by atoms with Crippen molar-refractivity contribution in [2.24, 2.45) is 5.92 Å². The molecule has 6 nitrogen and oxygen atoms in total. The summed E-state index contributed by atoms with van der Waals surface area (Å²) >= 11 is 0. The Labute approximate surface area is 165 Å². The van der Waals surface area contributed by atoms with Gasteiger partial charge in [0.25, 0.3) is 0 Å². The normalized spacial score (nSPS) is 16.2. The third-order valence-electron chi connectivity index (χ3n) is 5.35. The van der Waals surface area contributed by atoms with Gasteiger partial charge in [0.2, 0.25) is 11.8 Å². The molecule has 0 saturated carbocycles. The summed E-state index contributed by atoms with van der Waals surface area (Å²) in [7, 11) is 3.12. The summed E-state index contributed by atoms with van der Waals surface area (Å²) in [5.74, 6) is 0.548. The highest BCUT2D eigenvalue weighted by Gasteiger charge is 2.36. The zero-order valence-corrected chi connectivity index (χ0v) is 17.0. The summed E-state index contributed by atoms with van der Waals surface area (Å²) < 4.78 is 10.6. The van der Waals surface area contributed by atoms with E-state index in [0.717, 1.165) is 22.4 Å². The molecule has 2 aromatic carbocycles. The number of hydrogen-bond acceptors (Lipinski definition) is 4. The molecule has 0 spiro atoms. The molecule has 3 rings (SSSR count). The van der Waals surface area contributed by atoms with Gasteiger partial charge in [-0.2, -0.15) is 0 Å². The summed E-state index contributed by atoms with van der Waals surface area (Å²) in [6.07, 6.45) is 0.200. The second-order valence-corrected chi connectivity index (χ2v) is 7.14. The van der Waals surface area contributed by atoms with Gasteiger partial charge in [0.15, 0.2) is 11.5 Å². The van der Waals surface area contributed by atoms with Gasteiger partial charge in [-0.15, -0.1) is 0 Å². The van der Waals surface area contributed by atoms with Crippen LogP contribution in [0.4, 0.5) is 11.4 Å². The van der Waals surface area contributed by atoms with Gasteiger partial charge in [-0.25, -0.2) is 0 Å². The fourth-order valence-corrected chi connectivity index (χ4v) is 3.49. The number of ether oxygens (including phenoxy) is 2. The van der Waals surface area contributed by atoms with Gasteiger partial charge in [0.1, 0.15) is 0 Å². The molecular formula is C22H26N2O4. The predicted molar refractivity (Wildman–Crippen MR) is 109 cm³/mol. The Balaban J connectivity index is 1.78. The number of aryl methyl sites for hydroxylation is 2. The molecule has 1 heterocycles. The lowest BCUT2D eigenvalue weighted by atomic mass is 10.1. The predicted octanol–water partition coefficient (Wildman–Crippen LogP) is 3.62. The quantitative estimate of drug-likeness (QED) is 0.858. The lowest BCUT2D eigenvalue weighted by Crippen LogP contribution is -2.28. The summed E-state index contributed by atoms with van der Waals surface area (Å²) in [6, 6.07) is 9.44.